The van der Waals surface area contributed by atoms with Crippen LogP contribution in [-0.2, 0) is 11.3 Å². The van der Waals surface area contributed by atoms with Gasteiger partial charge in [-0.05, 0) is 78.8 Å². The van der Waals surface area contributed by atoms with Crippen molar-refractivity contribution in [2.45, 2.75) is 19.4 Å². The number of aromatic nitrogens is 1. The van der Waals surface area contributed by atoms with Crippen LogP contribution in [0.5, 0.6) is 5.75 Å². The third-order valence-corrected chi connectivity index (χ3v) is 6.47. The number of ether oxygens (including phenoxy) is 1. The molecule has 0 aliphatic carbocycles. The van der Waals surface area contributed by atoms with E-state index in [1.54, 1.807) is 7.11 Å². The Morgan fingerprint density at radius 2 is 1.73 bits per heavy atom. The molecular formula is C28H29N3O2. The van der Waals surface area contributed by atoms with Gasteiger partial charge in [0, 0.05) is 29.4 Å². The quantitative estimate of drug-likeness (QED) is 0.406. The lowest BCUT2D eigenvalue weighted by atomic mass is 9.95. The van der Waals surface area contributed by atoms with E-state index in [2.05, 4.69) is 45.5 Å². The molecular weight excluding hydrogens is 410 g/mol. The molecule has 0 atom stereocenters. The van der Waals surface area contributed by atoms with Crippen molar-refractivity contribution in [3.8, 4) is 16.9 Å². The zero-order valence-corrected chi connectivity index (χ0v) is 18.9. The Labute approximate surface area is 194 Å². The number of likely N-dealkylation sites (tertiary alicyclic amines) is 1. The van der Waals surface area contributed by atoms with Gasteiger partial charge in [0.05, 0.1) is 7.11 Å². The van der Waals surface area contributed by atoms with Gasteiger partial charge in [-0.2, -0.15) is 0 Å². The Morgan fingerprint density at radius 1 is 0.970 bits per heavy atom. The van der Waals surface area contributed by atoms with Crippen molar-refractivity contribution in [3.63, 3.8) is 0 Å². The third kappa shape index (κ3) is 4.94. The maximum absolute atomic E-state index is 12.9. The normalized spacial score (nSPS) is 14.9. The van der Waals surface area contributed by atoms with Gasteiger partial charge in [-0.3, -0.25) is 9.69 Å². The van der Waals surface area contributed by atoms with Crippen LogP contribution < -0.4 is 10.1 Å². The van der Waals surface area contributed by atoms with E-state index in [0.29, 0.717) is 0 Å². The Hall–Kier alpha value is -3.57. The molecule has 1 aliphatic heterocycles. The fourth-order valence-electron chi connectivity index (χ4n) is 4.64. The maximum Gasteiger partial charge on any atom is 0.227 e. The lowest BCUT2D eigenvalue weighted by molar-refractivity contribution is -0.121. The van der Waals surface area contributed by atoms with Crippen molar-refractivity contribution >= 4 is 22.5 Å². The van der Waals surface area contributed by atoms with Gasteiger partial charge in [0.2, 0.25) is 5.91 Å². The number of hydrogen-bond donors (Lipinski definition) is 2. The molecule has 1 amide bonds. The van der Waals surface area contributed by atoms with E-state index in [4.69, 9.17) is 4.74 Å². The first-order valence-electron chi connectivity index (χ1n) is 11.5. The summed E-state index contributed by atoms with van der Waals surface area (Å²) in [6.07, 6.45) is 1.75. The highest BCUT2D eigenvalue weighted by Crippen LogP contribution is 2.27. The highest BCUT2D eigenvalue weighted by atomic mass is 16.5. The molecule has 2 N–H and O–H groups in total. The smallest absolute Gasteiger partial charge is 0.227 e. The molecule has 1 aliphatic rings. The number of rotatable bonds is 6. The molecule has 4 aromatic rings. The van der Waals surface area contributed by atoms with E-state index in [0.717, 1.165) is 55.0 Å². The van der Waals surface area contributed by atoms with E-state index in [9.17, 15) is 4.79 Å². The van der Waals surface area contributed by atoms with Crippen LogP contribution in [0, 0.1) is 5.92 Å². The summed E-state index contributed by atoms with van der Waals surface area (Å²) >= 11 is 0. The summed E-state index contributed by atoms with van der Waals surface area (Å²) in [5.41, 5.74) is 5.36. The largest absolute Gasteiger partial charge is 0.497 e. The second-order valence-corrected chi connectivity index (χ2v) is 8.73. The standard InChI is InChI=1S/C28H29N3O2/c1-33-26-10-5-8-22(18-26)21-7-4-9-24(16-21)30-28(32)20-12-14-31(15-13-20)19-25-17-23-6-2-3-11-27(23)29-25/h2-11,16-18,20,29H,12-15,19H2,1H3,(H,30,32). The van der Waals surface area contributed by atoms with Crippen LogP contribution in [0.4, 0.5) is 5.69 Å². The number of methoxy groups -OCH3 is 1. The molecule has 0 unspecified atom stereocenters. The second kappa shape index (κ2) is 9.51. The monoisotopic (exact) mass is 439 g/mol. The summed E-state index contributed by atoms with van der Waals surface area (Å²) < 4.78 is 5.34. The third-order valence-electron chi connectivity index (χ3n) is 6.47. The zero-order chi connectivity index (χ0) is 22.6. The van der Waals surface area contributed by atoms with Crippen molar-refractivity contribution in [1.82, 2.24) is 9.88 Å². The zero-order valence-electron chi connectivity index (χ0n) is 18.9. The number of hydrogen-bond acceptors (Lipinski definition) is 3. The SMILES string of the molecule is COc1cccc(-c2cccc(NC(=O)C3CCN(Cc4cc5ccccc5[nH]4)CC3)c2)c1. The van der Waals surface area contributed by atoms with E-state index in [1.165, 1.54) is 16.6 Å². The number of H-pyrrole nitrogens is 1. The van der Waals surface area contributed by atoms with Crippen LogP contribution in [0.3, 0.4) is 0 Å². The molecule has 0 spiro atoms. The first-order valence-corrected chi connectivity index (χ1v) is 11.5. The number of piperidine rings is 1. The minimum absolute atomic E-state index is 0.0458. The lowest BCUT2D eigenvalue weighted by Gasteiger charge is -2.31. The molecule has 0 bridgehead atoms. The molecule has 0 radical (unpaired) electrons. The number of benzene rings is 3. The summed E-state index contributed by atoms with van der Waals surface area (Å²) in [6.45, 7) is 2.75. The molecule has 2 heterocycles. The molecule has 5 nitrogen and oxygen atoms in total. The van der Waals surface area contributed by atoms with E-state index >= 15 is 0 Å². The van der Waals surface area contributed by atoms with Crippen LogP contribution in [0.25, 0.3) is 22.0 Å². The number of fused-ring (bicyclic) bond motifs is 1. The summed E-state index contributed by atoms with van der Waals surface area (Å²) in [7, 11) is 1.67. The van der Waals surface area contributed by atoms with Gasteiger partial charge >= 0.3 is 0 Å². The maximum atomic E-state index is 12.9. The van der Waals surface area contributed by atoms with Crippen molar-refractivity contribution in [2.75, 3.05) is 25.5 Å². The van der Waals surface area contributed by atoms with Crippen LogP contribution >= 0.6 is 0 Å². The first kappa shape index (κ1) is 21.3. The second-order valence-electron chi connectivity index (χ2n) is 8.73. The van der Waals surface area contributed by atoms with Gasteiger partial charge in [0.1, 0.15) is 5.75 Å². The topological polar surface area (TPSA) is 57.4 Å². The van der Waals surface area contributed by atoms with Crippen molar-refractivity contribution in [2.24, 2.45) is 5.92 Å². The summed E-state index contributed by atoms with van der Waals surface area (Å²) in [5, 5.41) is 4.39. The van der Waals surface area contributed by atoms with Gasteiger partial charge in [-0.15, -0.1) is 0 Å². The van der Waals surface area contributed by atoms with Crippen LogP contribution in [0.15, 0.2) is 78.9 Å². The molecule has 168 valence electrons. The van der Waals surface area contributed by atoms with Gasteiger partial charge in [-0.1, -0.05) is 42.5 Å². The number of carbonyl (C=O) groups is 1. The number of aromatic amines is 1. The Bertz CT molecular complexity index is 1220. The highest BCUT2D eigenvalue weighted by Gasteiger charge is 2.25. The molecule has 5 rings (SSSR count). The molecule has 33 heavy (non-hydrogen) atoms. The minimum atomic E-state index is 0.0458. The van der Waals surface area contributed by atoms with E-state index in [1.807, 2.05) is 48.5 Å². The van der Waals surface area contributed by atoms with Crippen LogP contribution in [0.1, 0.15) is 18.5 Å². The minimum Gasteiger partial charge on any atom is -0.497 e. The van der Waals surface area contributed by atoms with E-state index in [-0.39, 0.29) is 11.8 Å². The number of anilines is 1. The molecule has 1 aromatic heterocycles. The summed E-state index contributed by atoms with van der Waals surface area (Å²) in [5.74, 6) is 0.980. The molecule has 3 aromatic carbocycles. The predicted molar refractivity (Wildman–Crippen MR) is 133 cm³/mol. The van der Waals surface area contributed by atoms with E-state index < -0.39 is 0 Å². The Kier molecular flexibility index (Phi) is 6.13. The number of nitrogens with one attached hydrogen (secondary N) is 2. The average Bonchev–Trinajstić information content (AvgIpc) is 3.27. The molecule has 1 saturated heterocycles. The number of carbonyl (C=O) groups excluding carboxylic acids is 1. The van der Waals surface area contributed by atoms with Crippen molar-refractivity contribution in [1.29, 1.82) is 0 Å². The average molecular weight is 440 g/mol. The Morgan fingerprint density at radius 3 is 2.52 bits per heavy atom. The van der Waals surface area contributed by atoms with Gasteiger partial charge < -0.3 is 15.0 Å². The summed E-state index contributed by atoms with van der Waals surface area (Å²) in [4.78, 5) is 18.9. The first-order chi connectivity index (χ1) is 16.2. The highest BCUT2D eigenvalue weighted by molar-refractivity contribution is 5.93. The number of amides is 1. The summed E-state index contributed by atoms with van der Waals surface area (Å²) in [6, 6.07) is 26.6. The Balaban J connectivity index is 1.17. The van der Waals surface area contributed by atoms with Gasteiger partial charge in [0.25, 0.3) is 0 Å². The van der Waals surface area contributed by atoms with Gasteiger partial charge in [0.15, 0.2) is 0 Å². The lowest BCUT2D eigenvalue weighted by Crippen LogP contribution is -2.37. The van der Waals surface area contributed by atoms with Crippen molar-refractivity contribution < 1.29 is 9.53 Å². The van der Waals surface area contributed by atoms with Crippen LogP contribution in [0.2, 0.25) is 0 Å². The van der Waals surface area contributed by atoms with Gasteiger partial charge in [-0.25, -0.2) is 0 Å². The molecule has 5 heteroatoms. The number of para-hydroxylation sites is 1. The number of nitrogens with zero attached hydrogens (tertiary/aromatic N) is 1. The fourth-order valence-corrected chi connectivity index (χ4v) is 4.64. The van der Waals surface area contributed by atoms with Crippen LogP contribution in [-0.4, -0.2) is 36.0 Å². The fraction of sp³-hybridized carbons (Fsp3) is 0.250. The van der Waals surface area contributed by atoms with Crippen molar-refractivity contribution in [3.05, 3.63) is 84.6 Å². The predicted octanol–water partition coefficient (Wildman–Crippen LogP) is 5.69. The molecule has 1 fully saturated rings. The molecule has 0 saturated carbocycles.